The van der Waals surface area contributed by atoms with E-state index >= 15 is 0 Å². The largest absolute Gasteiger partial charge is 0.387 e. The molecule has 5 nitrogen and oxygen atoms in total. The lowest BCUT2D eigenvalue weighted by molar-refractivity contribution is -0.133. The smallest absolute Gasteiger partial charge is 0.250 e. The van der Waals surface area contributed by atoms with Crippen molar-refractivity contribution in [2.24, 2.45) is 0 Å². The van der Waals surface area contributed by atoms with E-state index in [1.165, 1.54) is 10.6 Å². The molecule has 0 fully saturated rings. The maximum absolute atomic E-state index is 12.4. The van der Waals surface area contributed by atoms with Crippen LogP contribution in [-0.4, -0.2) is 33.6 Å². The third-order valence-corrected chi connectivity index (χ3v) is 3.79. The molecule has 23 heavy (non-hydrogen) atoms. The topological polar surface area (TPSA) is 62.5 Å². The number of likely N-dealkylation sites (N-methyl/N-ethyl adjacent to an activating group) is 1. The Kier molecular flexibility index (Phi) is 5.71. The Labute approximate surface area is 135 Å². The van der Waals surface area contributed by atoms with Gasteiger partial charge in [0.25, 0.3) is 5.56 Å². The normalized spacial score (nSPS) is 12.0. The van der Waals surface area contributed by atoms with Gasteiger partial charge in [-0.1, -0.05) is 35.9 Å². The summed E-state index contributed by atoms with van der Waals surface area (Å²) in [5.74, 6) is -0.188. The number of benzene rings is 1. The molecule has 0 spiro atoms. The molecule has 0 radical (unpaired) electrons. The molecule has 2 rings (SSSR count). The highest BCUT2D eigenvalue weighted by atomic mass is 16.3. The molecule has 1 N–H and O–H groups in total. The van der Waals surface area contributed by atoms with Gasteiger partial charge in [0.2, 0.25) is 5.91 Å². The highest BCUT2D eigenvalue weighted by molar-refractivity contribution is 5.76. The molecule has 1 aromatic heterocycles. The fraction of sp³-hybridized carbons (Fsp3) is 0.333. The van der Waals surface area contributed by atoms with Gasteiger partial charge >= 0.3 is 0 Å². The number of carbonyl (C=O) groups is 1. The van der Waals surface area contributed by atoms with E-state index in [2.05, 4.69) is 0 Å². The molecular formula is C18H22N2O3. The molecule has 1 atom stereocenters. The zero-order valence-corrected chi connectivity index (χ0v) is 13.5. The summed E-state index contributed by atoms with van der Waals surface area (Å²) in [4.78, 5) is 25.6. The Morgan fingerprint density at radius 1 is 1.22 bits per heavy atom. The van der Waals surface area contributed by atoms with Crippen LogP contribution in [0.1, 0.15) is 24.2 Å². The number of carbonyl (C=O) groups excluding carboxylic acids is 1. The average Bonchev–Trinajstić information content (AvgIpc) is 2.55. The molecule has 0 aliphatic rings. The monoisotopic (exact) mass is 314 g/mol. The van der Waals surface area contributed by atoms with Crippen molar-refractivity contribution in [2.75, 3.05) is 13.1 Å². The van der Waals surface area contributed by atoms with Gasteiger partial charge in [0.15, 0.2) is 0 Å². The van der Waals surface area contributed by atoms with Crippen molar-refractivity contribution in [2.45, 2.75) is 26.5 Å². The predicted octanol–water partition coefficient (Wildman–Crippen LogP) is 1.74. The lowest BCUT2D eigenvalue weighted by Gasteiger charge is -2.24. The van der Waals surface area contributed by atoms with Crippen LogP contribution in [0.4, 0.5) is 0 Å². The number of aryl methyl sites for hydroxylation is 1. The van der Waals surface area contributed by atoms with Crippen molar-refractivity contribution < 1.29 is 9.90 Å². The van der Waals surface area contributed by atoms with E-state index in [0.29, 0.717) is 6.54 Å². The maximum Gasteiger partial charge on any atom is 0.250 e. The quantitative estimate of drug-likeness (QED) is 0.883. The first-order valence-electron chi connectivity index (χ1n) is 7.69. The van der Waals surface area contributed by atoms with E-state index in [1.54, 1.807) is 23.2 Å². The number of amides is 1. The Hall–Kier alpha value is -2.40. The number of aromatic nitrogens is 1. The SMILES string of the molecule is CCN(CC(O)c1ccc(C)cc1)C(=O)Cn1ccccc1=O. The second-order valence-corrected chi connectivity index (χ2v) is 5.53. The number of aliphatic hydroxyl groups excluding tert-OH is 1. The van der Waals surface area contributed by atoms with Gasteiger partial charge in [0.05, 0.1) is 12.6 Å². The van der Waals surface area contributed by atoms with E-state index in [4.69, 9.17) is 0 Å². The van der Waals surface area contributed by atoms with Gasteiger partial charge in [-0.2, -0.15) is 0 Å². The minimum atomic E-state index is -0.744. The second kappa shape index (κ2) is 7.74. The van der Waals surface area contributed by atoms with Crippen LogP contribution in [0, 0.1) is 6.92 Å². The summed E-state index contributed by atoms with van der Waals surface area (Å²) < 4.78 is 1.36. The third-order valence-electron chi connectivity index (χ3n) is 3.79. The van der Waals surface area contributed by atoms with Gasteiger partial charge in [-0.25, -0.2) is 0 Å². The highest BCUT2D eigenvalue weighted by Gasteiger charge is 2.17. The minimum Gasteiger partial charge on any atom is -0.387 e. The number of nitrogens with zero attached hydrogens (tertiary/aromatic N) is 2. The van der Waals surface area contributed by atoms with Crippen LogP contribution in [-0.2, 0) is 11.3 Å². The molecule has 0 bridgehead atoms. The van der Waals surface area contributed by atoms with Crippen LogP contribution in [0.15, 0.2) is 53.5 Å². The zero-order valence-electron chi connectivity index (χ0n) is 13.5. The van der Waals surface area contributed by atoms with Crippen LogP contribution in [0.25, 0.3) is 0 Å². The van der Waals surface area contributed by atoms with Crippen LogP contribution < -0.4 is 5.56 Å². The Balaban J connectivity index is 2.04. The lowest BCUT2D eigenvalue weighted by Crippen LogP contribution is -2.38. The lowest BCUT2D eigenvalue weighted by atomic mass is 10.1. The summed E-state index contributed by atoms with van der Waals surface area (Å²) in [6.45, 7) is 4.50. The van der Waals surface area contributed by atoms with E-state index < -0.39 is 6.10 Å². The van der Waals surface area contributed by atoms with Gasteiger partial charge < -0.3 is 14.6 Å². The van der Waals surface area contributed by atoms with Crippen molar-refractivity contribution in [3.05, 3.63) is 70.1 Å². The molecular weight excluding hydrogens is 292 g/mol. The first-order chi connectivity index (χ1) is 11.0. The van der Waals surface area contributed by atoms with Crippen LogP contribution in [0.2, 0.25) is 0 Å². The molecule has 1 aromatic carbocycles. The van der Waals surface area contributed by atoms with E-state index in [-0.39, 0.29) is 24.6 Å². The first kappa shape index (κ1) is 17.0. The molecule has 0 aliphatic carbocycles. The van der Waals surface area contributed by atoms with Crippen molar-refractivity contribution in [3.8, 4) is 0 Å². The van der Waals surface area contributed by atoms with Gasteiger partial charge in [0.1, 0.15) is 6.54 Å². The van der Waals surface area contributed by atoms with Crippen molar-refractivity contribution >= 4 is 5.91 Å². The number of hydrogen-bond donors (Lipinski definition) is 1. The fourth-order valence-electron chi connectivity index (χ4n) is 2.35. The summed E-state index contributed by atoms with van der Waals surface area (Å²) in [5.41, 5.74) is 1.68. The van der Waals surface area contributed by atoms with E-state index in [0.717, 1.165) is 11.1 Å². The Morgan fingerprint density at radius 2 is 1.91 bits per heavy atom. The average molecular weight is 314 g/mol. The predicted molar refractivity (Wildman–Crippen MR) is 89.1 cm³/mol. The zero-order chi connectivity index (χ0) is 16.8. The second-order valence-electron chi connectivity index (χ2n) is 5.53. The van der Waals surface area contributed by atoms with Crippen LogP contribution in [0.3, 0.4) is 0 Å². The van der Waals surface area contributed by atoms with Crippen molar-refractivity contribution in [3.63, 3.8) is 0 Å². The molecule has 2 aromatic rings. The molecule has 1 unspecified atom stereocenters. The number of hydrogen-bond acceptors (Lipinski definition) is 3. The molecule has 1 heterocycles. The van der Waals surface area contributed by atoms with Crippen LogP contribution in [0.5, 0.6) is 0 Å². The molecule has 1 amide bonds. The standard InChI is InChI=1S/C18H22N2O3/c1-3-19(12-16(21)15-9-7-14(2)8-10-15)18(23)13-20-11-5-4-6-17(20)22/h4-11,16,21H,3,12-13H2,1-2H3. The van der Waals surface area contributed by atoms with E-state index in [9.17, 15) is 14.7 Å². The minimum absolute atomic E-state index is 0.0197. The summed E-state index contributed by atoms with van der Waals surface area (Å²) in [7, 11) is 0. The van der Waals surface area contributed by atoms with Crippen molar-refractivity contribution in [1.29, 1.82) is 0 Å². The van der Waals surface area contributed by atoms with Gasteiger partial charge in [-0.3, -0.25) is 9.59 Å². The van der Waals surface area contributed by atoms with Gasteiger partial charge in [0, 0.05) is 18.8 Å². The highest BCUT2D eigenvalue weighted by Crippen LogP contribution is 2.15. The molecule has 122 valence electrons. The van der Waals surface area contributed by atoms with Crippen LogP contribution >= 0.6 is 0 Å². The third kappa shape index (κ3) is 4.53. The Bertz CT molecular complexity index is 707. The summed E-state index contributed by atoms with van der Waals surface area (Å²) in [5, 5.41) is 10.3. The fourth-order valence-corrected chi connectivity index (χ4v) is 2.35. The molecule has 5 heteroatoms. The molecule has 0 saturated carbocycles. The number of rotatable bonds is 6. The summed E-state index contributed by atoms with van der Waals surface area (Å²) in [6, 6.07) is 12.4. The summed E-state index contributed by atoms with van der Waals surface area (Å²) >= 11 is 0. The first-order valence-corrected chi connectivity index (χ1v) is 7.69. The number of pyridine rings is 1. The molecule has 0 aliphatic heterocycles. The maximum atomic E-state index is 12.4. The Morgan fingerprint density at radius 3 is 2.52 bits per heavy atom. The van der Waals surface area contributed by atoms with Gasteiger partial charge in [-0.15, -0.1) is 0 Å². The number of aliphatic hydroxyl groups is 1. The van der Waals surface area contributed by atoms with E-state index in [1.807, 2.05) is 38.1 Å². The summed E-state index contributed by atoms with van der Waals surface area (Å²) in [6.07, 6.45) is 0.844. The van der Waals surface area contributed by atoms with Gasteiger partial charge in [-0.05, 0) is 25.5 Å². The van der Waals surface area contributed by atoms with Crippen molar-refractivity contribution in [1.82, 2.24) is 9.47 Å². The molecule has 0 saturated heterocycles.